The van der Waals surface area contributed by atoms with E-state index in [1.54, 1.807) is 14.2 Å². The van der Waals surface area contributed by atoms with Crippen LogP contribution in [0.3, 0.4) is 0 Å². The van der Waals surface area contributed by atoms with Crippen molar-refractivity contribution in [3.05, 3.63) is 72.9 Å². The van der Waals surface area contributed by atoms with E-state index < -0.39 is 0 Å². The highest BCUT2D eigenvalue weighted by molar-refractivity contribution is 5.61. The minimum atomic E-state index is 0.723. The molecule has 1 aromatic rings. The van der Waals surface area contributed by atoms with Crippen LogP contribution in [-0.4, -0.2) is 14.2 Å². The molecule has 0 amide bonds. The molecule has 0 aliphatic carbocycles. The Balaban J connectivity index is 3.83. The van der Waals surface area contributed by atoms with Crippen molar-refractivity contribution < 1.29 is 9.47 Å². The van der Waals surface area contributed by atoms with Crippen LogP contribution in [0.5, 0.6) is 11.5 Å². The molecule has 0 bridgehead atoms. The van der Waals surface area contributed by atoms with E-state index in [4.69, 9.17) is 9.47 Å². The zero-order valence-electron chi connectivity index (χ0n) is 13.8. The largest absolute Gasteiger partial charge is 0.496 e. The summed E-state index contributed by atoms with van der Waals surface area (Å²) in [5.74, 6) is 1.80. The van der Waals surface area contributed by atoms with Gasteiger partial charge in [-0.25, -0.2) is 0 Å². The second-order valence-corrected chi connectivity index (χ2v) is 4.95. The Morgan fingerprint density at radius 2 is 0.818 bits per heavy atom. The van der Waals surface area contributed by atoms with Crippen molar-refractivity contribution in [2.24, 2.45) is 0 Å². The lowest BCUT2D eigenvalue weighted by Gasteiger charge is -2.23. The predicted molar refractivity (Wildman–Crippen MR) is 95.2 cm³/mol. The van der Waals surface area contributed by atoms with Gasteiger partial charge in [-0.05, 0) is 25.7 Å². The van der Waals surface area contributed by atoms with Crippen LogP contribution < -0.4 is 9.47 Å². The number of methoxy groups -OCH3 is 2. The Labute approximate surface area is 134 Å². The van der Waals surface area contributed by atoms with Gasteiger partial charge in [0.05, 0.1) is 14.2 Å². The lowest BCUT2D eigenvalue weighted by molar-refractivity contribution is 0.389. The minimum absolute atomic E-state index is 0.723. The van der Waals surface area contributed by atoms with E-state index in [-0.39, 0.29) is 0 Å². The SMILES string of the molecule is C=CCc1c(CC=C)c(OC)c(CC=C)c(CC=C)c1OC. The van der Waals surface area contributed by atoms with Gasteiger partial charge in [-0.15, -0.1) is 26.3 Å². The molecule has 0 saturated carbocycles. The third kappa shape index (κ3) is 3.51. The van der Waals surface area contributed by atoms with Crippen LogP contribution in [0.2, 0.25) is 0 Å². The van der Waals surface area contributed by atoms with Crippen LogP contribution in [0, 0.1) is 0 Å². The van der Waals surface area contributed by atoms with E-state index in [1.807, 2.05) is 24.3 Å². The highest BCUT2D eigenvalue weighted by atomic mass is 16.5. The van der Waals surface area contributed by atoms with Crippen molar-refractivity contribution in [2.45, 2.75) is 25.7 Å². The van der Waals surface area contributed by atoms with E-state index in [0.29, 0.717) is 0 Å². The predicted octanol–water partition coefficient (Wildman–Crippen LogP) is 4.62. The normalized spacial score (nSPS) is 9.91. The molecule has 0 radical (unpaired) electrons. The molecule has 118 valence electrons. The van der Waals surface area contributed by atoms with Crippen LogP contribution in [0.15, 0.2) is 50.6 Å². The maximum Gasteiger partial charge on any atom is 0.126 e. The number of benzene rings is 1. The third-order valence-electron chi connectivity index (χ3n) is 3.63. The summed E-state index contributed by atoms with van der Waals surface area (Å²) in [7, 11) is 3.41. The van der Waals surface area contributed by atoms with Gasteiger partial charge in [-0.3, -0.25) is 0 Å². The van der Waals surface area contributed by atoms with Crippen LogP contribution in [-0.2, 0) is 25.7 Å². The lowest BCUT2D eigenvalue weighted by Crippen LogP contribution is -2.09. The summed E-state index contributed by atoms with van der Waals surface area (Å²) in [6.07, 6.45) is 10.4. The molecule has 0 aliphatic heterocycles. The quantitative estimate of drug-likeness (QED) is 0.587. The molecule has 0 heterocycles. The first-order chi connectivity index (χ1) is 10.7. The lowest BCUT2D eigenvalue weighted by atomic mass is 9.89. The number of allylic oxidation sites excluding steroid dienone is 4. The molecule has 0 saturated heterocycles. The number of hydrogen-bond acceptors (Lipinski definition) is 2. The molecule has 0 fully saturated rings. The number of ether oxygens (including phenoxy) is 2. The van der Waals surface area contributed by atoms with Gasteiger partial charge >= 0.3 is 0 Å². The fraction of sp³-hybridized carbons (Fsp3) is 0.300. The first-order valence-electron chi connectivity index (χ1n) is 7.40. The summed E-state index contributed by atoms with van der Waals surface area (Å²) in [4.78, 5) is 0. The zero-order valence-corrected chi connectivity index (χ0v) is 13.8. The average Bonchev–Trinajstić information content (AvgIpc) is 2.52. The molecule has 22 heavy (non-hydrogen) atoms. The van der Waals surface area contributed by atoms with Gasteiger partial charge in [0, 0.05) is 22.3 Å². The second kappa shape index (κ2) is 8.93. The standard InChI is InChI=1S/C20H26O2/c1-7-11-15-16(12-8-2)20(22-6)18(14-10-4)17(13-9-3)19(15)21-5/h7-10H,1-4,11-14H2,5-6H3. The van der Waals surface area contributed by atoms with Crippen molar-refractivity contribution in [3.63, 3.8) is 0 Å². The summed E-state index contributed by atoms with van der Waals surface area (Å²) >= 11 is 0. The monoisotopic (exact) mass is 298 g/mol. The van der Waals surface area contributed by atoms with Crippen LogP contribution in [0.1, 0.15) is 22.3 Å². The molecule has 1 rings (SSSR count). The highest BCUT2D eigenvalue weighted by Crippen LogP contribution is 2.40. The van der Waals surface area contributed by atoms with Crippen molar-refractivity contribution >= 4 is 0 Å². The summed E-state index contributed by atoms with van der Waals surface area (Å²) in [5.41, 5.74) is 4.44. The minimum Gasteiger partial charge on any atom is -0.496 e. The van der Waals surface area contributed by atoms with Gasteiger partial charge in [0.2, 0.25) is 0 Å². The van der Waals surface area contributed by atoms with E-state index in [2.05, 4.69) is 26.3 Å². The van der Waals surface area contributed by atoms with Crippen LogP contribution in [0.25, 0.3) is 0 Å². The Hall–Kier alpha value is -2.22. The Morgan fingerprint density at radius 1 is 0.591 bits per heavy atom. The van der Waals surface area contributed by atoms with Crippen LogP contribution in [0.4, 0.5) is 0 Å². The zero-order chi connectivity index (χ0) is 16.5. The molecule has 2 heteroatoms. The highest BCUT2D eigenvalue weighted by Gasteiger charge is 2.22. The van der Waals surface area contributed by atoms with Gasteiger partial charge in [0.1, 0.15) is 11.5 Å². The molecule has 0 aliphatic rings. The van der Waals surface area contributed by atoms with Gasteiger partial charge < -0.3 is 9.47 Å². The average molecular weight is 298 g/mol. The summed E-state index contributed by atoms with van der Waals surface area (Å²) in [6.45, 7) is 15.5. The van der Waals surface area contributed by atoms with E-state index >= 15 is 0 Å². The smallest absolute Gasteiger partial charge is 0.126 e. The fourth-order valence-corrected chi connectivity index (χ4v) is 2.85. The van der Waals surface area contributed by atoms with Crippen molar-refractivity contribution in [2.75, 3.05) is 14.2 Å². The maximum absolute atomic E-state index is 5.74. The van der Waals surface area contributed by atoms with Crippen molar-refractivity contribution in [1.29, 1.82) is 0 Å². The van der Waals surface area contributed by atoms with E-state index in [9.17, 15) is 0 Å². The van der Waals surface area contributed by atoms with E-state index in [1.165, 1.54) is 0 Å². The molecule has 0 atom stereocenters. The van der Waals surface area contributed by atoms with Crippen LogP contribution >= 0.6 is 0 Å². The summed E-state index contributed by atoms with van der Waals surface area (Å²) < 4.78 is 11.5. The number of rotatable bonds is 10. The molecule has 2 nitrogen and oxygen atoms in total. The summed E-state index contributed by atoms with van der Waals surface area (Å²) in [6, 6.07) is 0. The molecule has 1 aromatic carbocycles. The third-order valence-corrected chi connectivity index (χ3v) is 3.63. The first-order valence-corrected chi connectivity index (χ1v) is 7.40. The Kier molecular flexibility index (Phi) is 7.24. The molecular formula is C20H26O2. The molecular weight excluding hydrogens is 272 g/mol. The van der Waals surface area contributed by atoms with E-state index in [0.717, 1.165) is 59.4 Å². The molecule has 0 aromatic heterocycles. The van der Waals surface area contributed by atoms with Gasteiger partial charge in [0.25, 0.3) is 0 Å². The molecule has 0 spiro atoms. The molecule has 0 N–H and O–H groups in total. The van der Waals surface area contributed by atoms with Gasteiger partial charge in [-0.1, -0.05) is 24.3 Å². The molecule has 0 unspecified atom stereocenters. The Bertz CT molecular complexity index is 472. The number of hydrogen-bond donors (Lipinski definition) is 0. The summed E-state index contributed by atoms with van der Waals surface area (Å²) in [5, 5.41) is 0. The first kappa shape index (κ1) is 17.8. The van der Waals surface area contributed by atoms with Crippen molar-refractivity contribution in [1.82, 2.24) is 0 Å². The fourth-order valence-electron chi connectivity index (χ4n) is 2.85. The van der Waals surface area contributed by atoms with Gasteiger partial charge in [-0.2, -0.15) is 0 Å². The second-order valence-electron chi connectivity index (χ2n) is 4.95. The maximum atomic E-state index is 5.74. The van der Waals surface area contributed by atoms with Crippen molar-refractivity contribution in [3.8, 4) is 11.5 Å². The Morgan fingerprint density at radius 3 is 0.955 bits per heavy atom. The topological polar surface area (TPSA) is 18.5 Å². The van der Waals surface area contributed by atoms with Gasteiger partial charge in [0.15, 0.2) is 0 Å².